The highest BCUT2D eigenvalue weighted by molar-refractivity contribution is 9.08. The van der Waals surface area contributed by atoms with E-state index in [-0.39, 0.29) is 11.5 Å². The molecule has 1 heterocycles. The van der Waals surface area contributed by atoms with E-state index in [0.717, 1.165) is 16.6 Å². The molecule has 1 aromatic heterocycles. The molecular formula is C18H24BrNO2. The first-order chi connectivity index (χ1) is 10.1. The van der Waals surface area contributed by atoms with Crippen molar-refractivity contribution < 1.29 is 9.53 Å². The zero-order valence-electron chi connectivity index (χ0n) is 14.2. The van der Waals surface area contributed by atoms with Crippen LogP contribution in [0.2, 0.25) is 0 Å². The molecule has 0 saturated carbocycles. The molecular weight excluding hydrogens is 342 g/mol. The van der Waals surface area contributed by atoms with Gasteiger partial charge in [0.1, 0.15) is 5.60 Å². The van der Waals surface area contributed by atoms with Gasteiger partial charge in [0.2, 0.25) is 0 Å². The van der Waals surface area contributed by atoms with E-state index in [2.05, 4.69) is 42.8 Å². The average molecular weight is 366 g/mol. The molecule has 0 aliphatic carbocycles. The Morgan fingerprint density at radius 2 is 1.73 bits per heavy atom. The number of aromatic nitrogens is 1. The quantitative estimate of drug-likeness (QED) is 0.614. The summed E-state index contributed by atoms with van der Waals surface area (Å²) >= 11 is 3.55. The van der Waals surface area contributed by atoms with E-state index >= 15 is 0 Å². The second-order valence-corrected chi connectivity index (χ2v) is 8.10. The van der Waals surface area contributed by atoms with Crippen molar-refractivity contribution in [2.75, 3.05) is 0 Å². The van der Waals surface area contributed by atoms with Crippen LogP contribution in [0.4, 0.5) is 4.79 Å². The van der Waals surface area contributed by atoms with Gasteiger partial charge in [0.05, 0.1) is 5.52 Å². The Morgan fingerprint density at radius 1 is 1.14 bits per heavy atom. The number of alkyl halides is 1. The number of carbonyl (C=O) groups is 1. The number of hydrogen-bond acceptors (Lipinski definition) is 2. The lowest BCUT2D eigenvalue weighted by Crippen LogP contribution is -2.28. The van der Waals surface area contributed by atoms with E-state index in [0.29, 0.717) is 5.33 Å². The predicted octanol–water partition coefficient (Wildman–Crippen LogP) is 5.62. The Kier molecular flexibility index (Phi) is 4.44. The smallest absolute Gasteiger partial charge is 0.419 e. The molecule has 22 heavy (non-hydrogen) atoms. The van der Waals surface area contributed by atoms with E-state index in [9.17, 15) is 4.79 Å². The van der Waals surface area contributed by atoms with Crippen LogP contribution in [0.3, 0.4) is 0 Å². The monoisotopic (exact) mass is 365 g/mol. The van der Waals surface area contributed by atoms with Gasteiger partial charge in [-0.25, -0.2) is 9.36 Å². The van der Waals surface area contributed by atoms with Crippen LogP contribution in [-0.2, 0) is 15.5 Å². The number of rotatable bonds is 1. The van der Waals surface area contributed by atoms with Gasteiger partial charge in [-0.3, -0.25) is 0 Å². The number of fused-ring (bicyclic) bond motifs is 1. The summed E-state index contributed by atoms with van der Waals surface area (Å²) in [5.41, 5.74) is 2.47. The van der Waals surface area contributed by atoms with Crippen LogP contribution >= 0.6 is 15.9 Å². The SMILES string of the molecule is CC(C)(C)OC(=O)n1c(CBr)c(C(C)(C)C)c2ccccc21. The highest BCUT2D eigenvalue weighted by Gasteiger charge is 2.29. The minimum absolute atomic E-state index is 0.0596. The van der Waals surface area contributed by atoms with Gasteiger partial charge >= 0.3 is 6.09 Å². The van der Waals surface area contributed by atoms with Gasteiger partial charge in [0.15, 0.2) is 0 Å². The zero-order valence-corrected chi connectivity index (χ0v) is 15.7. The van der Waals surface area contributed by atoms with Gasteiger partial charge in [-0.2, -0.15) is 0 Å². The normalized spacial score (nSPS) is 12.7. The third kappa shape index (κ3) is 3.22. The molecule has 0 aliphatic heterocycles. The van der Waals surface area contributed by atoms with E-state index in [4.69, 9.17) is 4.74 Å². The molecule has 0 unspecified atom stereocenters. The first kappa shape index (κ1) is 17.1. The predicted molar refractivity (Wildman–Crippen MR) is 94.9 cm³/mol. The van der Waals surface area contributed by atoms with Crippen LogP contribution in [0.5, 0.6) is 0 Å². The van der Waals surface area contributed by atoms with Crippen molar-refractivity contribution in [3.05, 3.63) is 35.5 Å². The first-order valence-corrected chi connectivity index (χ1v) is 8.60. The topological polar surface area (TPSA) is 31.2 Å². The van der Waals surface area contributed by atoms with Crippen molar-refractivity contribution in [2.45, 2.75) is 57.9 Å². The van der Waals surface area contributed by atoms with Crippen LogP contribution in [0.25, 0.3) is 10.9 Å². The molecule has 4 heteroatoms. The fraction of sp³-hybridized carbons (Fsp3) is 0.500. The Balaban J connectivity index is 2.76. The Morgan fingerprint density at radius 3 is 2.23 bits per heavy atom. The number of ether oxygens (including phenoxy) is 1. The van der Waals surface area contributed by atoms with Gasteiger partial charge < -0.3 is 4.74 Å². The minimum Gasteiger partial charge on any atom is -0.443 e. The Hall–Kier alpha value is -1.29. The second kappa shape index (κ2) is 5.73. The summed E-state index contributed by atoms with van der Waals surface area (Å²) < 4.78 is 7.31. The summed E-state index contributed by atoms with van der Waals surface area (Å²) in [5.74, 6) is 0. The van der Waals surface area contributed by atoms with Crippen LogP contribution in [0.1, 0.15) is 52.8 Å². The molecule has 0 amide bonds. The van der Waals surface area contributed by atoms with Crippen LogP contribution < -0.4 is 0 Å². The molecule has 2 rings (SSSR count). The fourth-order valence-corrected chi connectivity index (χ4v) is 3.30. The molecule has 0 spiro atoms. The number of hydrogen-bond donors (Lipinski definition) is 0. The summed E-state index contributed by atoms with van der Waals surface area (Å²) in [4.78, 5) is 12.7. The Bertz CT molecular complexity index is 702. The molecule has 0 fully saturated rings. The molecule has 0 saturated heterocycles. The highest BCUT2D eigenvalue weighted by Crippen LogP contribution is 2.37. The molecule has 120 valence electrons. The maximum atomic E-state index is 12.7. The zero-order chi connectivity index (χ0) is 16.7. The molecule has 0 atom stereocenters. The van der Waals surface area contributed by atoms with Gasteiger partial charge in [-0.15, -0.1) is 0 Å². The standard InChI is InChI=1S/C18H24BrNO2/c1-17(2,3)15-12-9-7-8-10-13(12)20(14(15)11-19)16(21)22-18(4,5)6/h7-10H,11H2,1-6H3. The highest BCUT2D eigenvalue weighted by atomic mass is 79.9. The average Bonchev–Trinajstić information content (AvgIpc) is 2.70. The van der Waals surface area contributed by atoms with Crippen LogP contribution in [0.15, 0.2) is 24.3 Å². The third-order valence-electron chi connectivity index (χ3n) is 3.43. The number of para-hydroxylation sites is 1. The van der Waals surface area contributed by atoms with Crippen molar-refractivity contribution >= 4 is 32.9 Å². The summed E-state index contributed by atoms with van der Waals surface area (Å²) in [7, 11) is 0. The molecule has 2 aromatic rings. The van der Waals surface area contributed by atoms with Crippen molar-refractivity contribution in [1.29, 1.82) is 0 Å². The molecule has 0 N–H and O–H groups in total. The summed E-state index contributed by atoms with van der Waals surface area (Å²) in [5, 5.41) is 1.71. The van der Waals surface area contributed by atoms with Crippen molar-refractivity contribution in [2.24, 2.45) is 0 Å². The first-order valence-electron chi connectivity index (χ1n) is 7.48. The van der Waals surface area contributed by atoms with Gasteiger partial charge in [0, 0.05) is 16.4 Å². The Labute approximate surface area is 140 Å². The molecule has 0 radical (unpaired) electrons. The summed E-state index contributed by atoms with van der Waals surface area (Å²) in [6.45, 7) is 12.2. The number of nitrogens with zero attached hydrogens (tertiary/aromatic N) is 1. The lowest BCUT2D eigenvalue weighted by Gasteiger charge is -2.22. The number of benzene rings is 1. The number of carbonyl (C=O) groups excluding carboxylic acids is 1. The van der Waals surface area contributed by atoms with Crippen LogP contribution in [0, 0.1) is 0 Å². The largest absolute Gasteiger partial charge is 0.443 e. The lowest BCUT2D eigenvalue weighted by molar-refractivity contribution is 0.0541. The maximum absolute atomic E-state index is 12.7. The minimum atomic E-state index is -0.520. The van der Waals surface area contributed by atoms with Crippen LogP contribution in [-0.4, -0.2) is 16.3 Å². The van der Waals surface area contributed by atoms with Gasteiger partial charge in [0.25, 0.3) is 0 Å². The van der Waals surface area contributed by atoms with Crippen molar-refractivity contribution in [3.63, 3.8) is 0 Å². The number of halogens is 1. The van der Waals surface area contributed by atoms with E-state index in [1.165, 1.54) is 5.56 Å². The van der Waals surface area contributed by atoms with E-state index < -0.39 is 5.60 Å². The van der Waals surface area contributed by atoms with Crippen molar-refractivity contribution in [1.82, 2.24) is 4.57 Å². The van der Waals surface area contributed by atoms with Gasteiger partial charge in [-0.05, 0) is 37.8 Å². The maximum Gasteiger partial charge on any atom is 0.419 e. The van der Waals surface area contributed by atoms with Crippen molar-refractivity contribution in [3.8, 4) is 0 Å². The molecule has 1 aromatic carbocycles. The summed E-state index contributed by atoms with van der Waals surface area (Å²) in [6, 6.07) is 8.01. The molecule has 0 aliphatic rings. The molecule has 0 bridgehead atoms. The fourth-order valence-electron chi connectivity index (χ4n) is 2.77. The van der Waals surface area contributed by atoms with E-state index in [1.54, 1.807) is 4.57 Å². The van der Waals surface area contributed by atoms with E-state index in [1.807, 2.05) is 39.0 Å². The molecule has 3 nitrogen and oxygen atoms in total. The second-order valence-electron chi connectivity index (χ2n) is 7.54. The lowest BCUT2D eigenvalue weighted by atomic mass is 9.85. The summed E-state index contributed by atoms with van der Waals surface area (Å²) in [6.07, 6.45) is -0.325. The third-order valence-corrected chi connectivity index (χ3v) is 3.96. The van der Waals surface area contributed by atoms with Gasteiger partial charge in [-0.1, -0.05) is 54.9 Å².